The first-order valence-corrected chi connectivity index (χ1v) is 5.78. The van der Waals surface area contributed by atoms with Gasteiger partial charge in [-0.25, -0.2) is 0 Å². The molecule has 0 radical (unpaired) electrons. The van der Waals surface area contributed by atoms with E-state index in [4.69, 9.17) is 15.2 Å². The van der Waals surface area contributed by atoms with E-state index >= 15 is 0 Å². The highest BCUT2D eigenvalue weighted by atomic mass is 16.5. The number of hydrogen-bond donors (Lipinski definition) is 1. The highest BCUT2D eigenvalue weighted by Crippen LogP contribution is 2.27. The van der Waals surface area contributed by atoms with Gasteiger partial charge in [0.05, 0.1) is 0 Å². The highest BCUT2D eigenvalue weighted by molar-refractivity contribution is 5.27. The lowest BCUT2D eigenvalue weighted by Gasteiger charge is -2.40. The van der Waals surface area contributed by atoms with Gasteiger partial charge in [0, 0.05) is 19.6 Å². The van der Waals surface area contributed by atoms with E-state index in [1.54, 1.807) is 7.11 Å². The topological polar surface area (TPSA) is 44.5 Å². The van der Waals surface area contributed by atoms with Crippen LogP contribution < -0.4 is 10.5 Å². The Hall–Kier alpha value is -1.06. The summed E-state index contributed by atoms with van der Waals surface area (Å²) in [5.74, 6) is 0.899. The number of benzene rings is 1. The van der Waals surface area contributed by atoms with Crippen LogP contribution in [0.5, 0.6) is 5.75 Å². The van der Waals surface area contributed by atoms with Crippen molar-refractivity contribution in [1.29, 1.82) is 0 Å². The van der Waals surface area contributed by atoms with Crippen molar-refractivity contribution < 1.29 is 9.47 Å². The van der Waals surface area contributed by atoms with E-state index in [1.165, 1.54) is 5.56 Å². The van der Waals surface area contributed by atoms with E-state index < -0.39 is 0 Å². The first kappa shape index (κ1) is 11.4. The molecule has 1 saturated carbocycles. The van der Waals surface area contributed by atoms with Crippen LogP contribution in [0.4, 0.5) is 0 Å². The van der Waals surface area contributed by atoms with Crippen molar-refractivity contribution >= 4 is 0 Å². The van der Waals surface area contributed by atoms with Crippen LogP contribution >= 0.6 is 0 Å². The van der Waals surface area contributed by atoms with Crippen molar-refractivity contribution in [2.75, 3.05) is 7.11 Å². The Morgan fingerprint density at radius 1 is 1.31 bits per heavy atom. The SMILES string of the molecule is CCc1ccc(OC2CC(N)C2OC)cc1. The van der Waals surface area contributed by atoms with Gasteiger partial charge >= 0.3 is 0 Å². The number of ether oxygens (including phenoxy) is 2. The first-order chi connectivity index (χ1) is 7.74. The third-order valence-corrected chi connectivity index (χ3v) is 3.18. The van der Waals surface area contributed by atoms with E-state index in [-0.39, 0.29) is 18.2 Å². The zero-order valence-corrected chi connectivity index (χ0v) is 9.85. The van der Waals surface area contributed by atoms with Crippen molar-refractivity contribution in [2.45, 2.75) is 38.0 Å². The first-order valence-electron chi connectivity index (χ1n) is 5.78. The molecule has 0 bridgehead atoms. The van der Waals surface area contributed by atoms with Gasteiger partial charge in [-0.2, -0.15) is 0 Å². The van der Waals surface area contributed by atoms with Crippen molar-refractivity contribution in [1.82, 2.24) is 0 Å². The van der Waals surface area contributed by atoms with E-state index in [1.807, 2.05) is 12.1 Å². The molecule has 2 rings (SSSR count). The van der Waals surface area contributed by atoms with Crippen molar-refractivity contribution in [2.24, 2.45) is 5.73 Å². The number of nitrogens with two attached hydrogens (primary N) is 1. The Labute approximate surface area is 96.5 Å². The Morgan fingerprint density at radius 2 is 2.00 bits per heavy atom. The van der Waals surface area contributed by atoms with Crippen LogP contribution in [0.1, 0.15) is 18.9 Å². The van der Waals surface area contributed by atoms with Crippen LogP contribution in [0.2, 0.25) is 0 Å². The third kappa shape index (κ3) is 2.20. The number of hydrogen-bond acceptors (Lipinski definition) is 3. The fraction of sp³-hybridized carbons (Fsp3) is 0.538. The molecular formula is C13H19NO2. The summed E-state index contributed by atoms with van der Waals surface area (Å²) in [6, 6.07) is 8.32. The summed E-state index contributed by atoms with van der Waals surface area (Å²) >= 11 is 0. The molecule has 1 aliphatic rings. The van der Waals surface area contributed by atoms with Crippen LogP contribution in [0.15, 0.2) is 24.3 Å². The monoisotopic (exact) mass is 221 g/mol. The average Bonchev–Trinajstić information content (AvgIpc) is 2.30. The van der Waals surface area contributed by atoms with E-state index in [2.05, 4.69) is 19.1 Å². The predicted molar refractivity (Wildman–Crippen MR) is 63.6 cm³/mol. The Bertz CT molecular complexity index is 336. The van der Waals surface area contributed by atoms with Crippen LogP contribution in [0.25, 0.3) is 0 Å². The van der Waals surface area contributed by atoms with Crippen LogP contribution in [0.3, 0.4) is 0 Å². The van der Waals surface area contributed by atoms with Gasteiger partial charge in [0.25, 0.3) is 0 Å². The summed E-state index contributed by atoms with van der Waals surface area (Å²) in [5, 5.41) is 0. The van der Waals surface area contributed by atoms with Gasteiger partial charge in [0.1, 0.15) is 18.0 Å². The van der Waals surface area contributed by atoms with Gasteiger partial charge in [0.15, 0.2) is 0 Å². The maximum absolute atomic E-state index is 5.82. The number of aryl methyl sites for hydroxylation is 1. The molecule has 88 valence electrons. The maximum atomic E-state index is 5.82. The summed E-state index contributed by atoms with van der Waals surface area (Å²) < 4.78 is 11.1. The molecule has 0 saturated heterocycles. The minimum Gasteiger partial charge on any atom is -0.488 e. The number of methoxy groups -OCH3 is 1. The largest absolute Gasteiger partial charge is 0.488 e. The molecular weight excluding hydrogens is 202 g/mol. The summed E-state index contributed by atoms with van der Waals surface area (Å²) in [6.45, 7) is 2.14. The van der Waals surface area contributed by atoms with Crippen molar-refractivity contribution in [3.63, 3.8) is 0 Å². The molecule has 16 heavy (non-hydrogen) atoms. The summed E-state index contributed by atoms with van der Waals surface area (Å²) in [6.07, 6.45) is 2.06. The molecule has 3 heteroatoms. The minimum absolute atomic E-state index is 0.0332. The van der Waals surface area contributed by atoms with Crippen molar-refractivity contribution in [3.05, 3.63) is 29.8 Å². The highest BCUT2D eigenvalue weighted by Gasteiger charge is 2.40. The summed E-state index contributed by atoms with van der Waals surface area (Å²) in [4.78, 5) is 0. The molecule has 3 unspecified atom stereocenters. The molecule has 3 nitrogen and oxygen atoms in total. The second-order valence-corrected chi connectivity index (χ2v) is 4.25. The average molecular weight is 221 g/mol. The lowest BCUT2D eigenvalue weighted by molar-refractivity contribution is -0.0782. The summed E-state index contributed by atoms with van der Waals surface area (Å²) in [5.41, 5.74) is 7.14. The molecule has 0 heterocycles. The molecule has 3 atom stereocenters. The molecule has 2 N–H and O–H groups in total. The lowest BCUT2D eigenvalue weighted by Crippen LogP contribution is -2.59. The van der Waals surface area contributed by atoms with E-state index in [0.717, 1.165) is 18.6 Å². The quantitative estimate of drug-likeness (QED) is 0.842. The van der Waals surface area contributed by atoms with E-state index in [9.17, 15) is 0 Å². The lowest BCUT2D eigenvalue weighted by atomic mass is 9.86. The Balaban J connectivity index is 1.94. The van der Waals surface area contributed by atoms with E-state index in [0.29, 0.717) is 0 Å². The molecule has 0 amide bonds. The Kier molecular flexibility index (Phi) is 3.46. The molecule has 1 aromatic rings. The normalized spacial score (nSPS) is 28.6. The van der Waals surface area contributed by atoms with Gasteiger partial charge < -0.3 is 15.2 Å². The molecule has 0 aliphatic heterocycles. The van der Waals surface area contributed by atoms with Gasteiger partial charge in [0.2, 0.25) is 0 Å². The Morgan fingerprint density at radius 3 is 2.50 bits per heavy atom. The standard InChI is InChI=1S/C13H19NO2/c1-3-9-4-6-10(7-5-9)16-12-8-11(14)13(12)15-2/h4-7,11-13H,3,8,14H2,1-2H3. The molecule has 1 aromatic carbocycles. The smallest absolute Gasteiger partial charge is 0.128 e. The van der Waals surface area contributed by atoms with Crippen LogP contribution in [0, 0.1) is 0 Å². The molecule has 0 spiro atoms. The summed E-state index contributed by atoms with van der Waals surface area (Å²) in [7, 11) is 1.68. The second-order valence-electron chi connectivity index (χ2n) is 4.25. The zero-order chi connectivity index (χ0) is 11.5. The molecule has 0 aromatic heterocycles. The van der Waals surface area contributed by atoms with Crippen molar-refractivity contribution in [3.8, 4) is 5.75 Å². The predicted octanol–water partition coefficient (Wildman–Crippen LogP) is 1.74. The molecule has 1 aliphatic carbocycles. The van der Waals surface area contributed by atoms with Crippen LogP contribution in [-0.4, -0.2) is 25.4 Å². The fourth-order valence-electron chi connectivity index (χ4n) is 2.04. The molecule has 1 fully saturated rings. The fourth-order valence-corrected chi connectivity index (χ4v) is 2.04. The maximum Gasteiger partial charge on any atom is 0.128 e. The van der Waals surface area contributed by atoms with Gasteiger partial charge in [-0.15, -0.1) is 0 Å². The van der Waals surface area contributed by atoms with Crippen LogP contribution in [-0.2, 0) is 11.2 Å². The zero-order valence-electron chi connectivity index (χ0n) is 9.85. The second kappa shape index (κ2) is 4.85. The van der Waals surface area contributed by atoms with Gasteiger partial charge in [-0.05, 0) is 24.1 Å². The third-order valence-electron chi connectivity index (χ3n) is 3.18. The minimum atomic E-state index is 0.0332. The number of rotatable bonds is 4. The van der Waals surface area contributed by atoms with Gasteiger partial charge in [-0.3, -0.25) is 0 Å². The van der Waals surface area contributed by atoms with Gasteiger partial charge in [-0.1, -0.05) is 19.1 Å².